The number of aryl methyl sites for hydroxylation is 1. The van der Waals surface area contributed by atoms with E-state index in [0.29, 0.717) is 5.82 Å². The lowest BCUT2D eigenvalue weighted by Crippen LogP contribution is -1.98. The van der Waals surface area contributed by atoms with Gasteiger partial charge in [0.15, 0.2) is 5.82 Å². The third kappa shape index (κ3) is 1.72. The normalized spacial score (nSPS) is 9.18. The first-order chi connectivity index (χ1) is 5.38. The first kappa shape index (κ1) is 7.63. The van der Waals surface area contributed by atoms with E-state index in [1.54, 1.807) is 6.33 Å². The van der Waals surface area contributed by atoms with Crippen LogP contribution in [0.4, 0.5) is 0 Å². The lowest BCUT2D eigenvalue weighted by molar-refractivity contribution is 0.561. The molecule has 1 heterocycles. The smallest absolute Gasteiger partial charge is 0.235 e. The molecule has 0 saturated carbocycles. The van der Waals surface area contributed by atoms with E-state index in [4.69, 9.17) is 0 Å². The van der Waals surface area contributed by atoms with Crippen molar-refractivity contribution in [2.24, 2.45) is 4.99 Å². The van der Waals surface area contributed by atoms with Gasteiger partial charge in [-0.3, -0.25) is 0 Å². The van der Waals surface area contributed by atoms with Crippen molar-refractivity contribution in [2.75, 3.05) is 0 Å². The predicted octanol–water partition coefficient (Wildman–Crippen LogP) is 0.134. The van der Waals surface area contributed by atoms with Crippen molar-refractivity contribution in [2.45, 2.75) is 20.0 Å². The zero-order valence-electron chi connectivity index (χ0n) is 6.19. The Kier molecular flexibility index (Phi) is 2.52. The molecule has 0 N–H and O–H groups in total. The lowest BCUT2D eigenvalue weighted by Gasteiger charge is -1.96. The van der Waals surface area contributed by atoms with Crippen LogP contribution in [0.25, 0.3) is 0 Å². The molecule has 0 aliphatic heterocycles. The number of hydrogen-bond acceptors (Lipinski definition) is 4. The maximum absolute atomic E-state index is 9.75. The molecule has 0 bridgehead atoms. The molecule has 0 aliphatic carbocycles. The van der Waals surface area contributed by atoms with E-state index < -0.39 is 0 Å². The van der Waals surface area contributed by atoms with Gasteiger partial charge in [0.25, 0.3) is 0 Å². The molecule has 0 aliphatic rings. The van der Waals surface area contributed by atoms with Gasteiger partial charge in [-0.05, 0) is 6.92 Å². The highest BCUT2D eigenvalue weighted by Crippen LogP contribution is 1.95. The molecule has 11 heavy (non-hydrogen) atoms. The molecule has 1 aromatic rings. The van der Waals surface area contributed by atoms with Crippen LogP contribution in [0, 0.1) is 0 Å². The van der Waals surface area contributed by atoms with Crippen molar-refractivity contribution in [3.05, 3.63) is 12.2 Å². The Morgan fingerprint density at radius 3 is 3.27 bits per heavy atom. The van der Waals surface area contributed by atoms with Crippen molar-refractivity contribution in [1.29, 1.82) is 0 Å². The van der Waals surface area contributed by atoms with Gasteiger partial charge in [-0.25, -0.2) is 4.79 Å². The van der Waals surface area contributed by atoms with Crippen LogP contribution < -0.4 is 0 Å². The molecule has 0 radical (unpaired) electrons. The van der Waals surface area contributed by atoms with Crippen LogP contribution in [-0.4, -0.2) is 20.8 Å². The summed E-state index contributed by atoms with van der Waals surface area (Å²) in [6.07, 6.45) is 3.06. The third-order valence-electron chi connectivity index (χ3n) is 1.32. The third-order valence-corrected chi connectivity index (χ3v) is 1.32. The molecule has 0 unspecified atom stereocenters. The Morgan fingerprint density at radius 2 is 2.64 bits per heavy atom. The van der Waals surface area contributed by atoms with Gasteiger partial charge in [0.05, 0.1) is 0 Å². The topological polar surface area (TPSA) is 60.1 Å². The Hall–Kier alpha value is -1.48. The summed E-state index contributed by atoms with van der Waals surface area (Å²) >= 11 is 0. The molecule has 0 spiro atoms. The van der Waals surface area contributed by atoms with E-state index in [-0.39, 0.29) is 6.54 Å². The second kappa shape index (κ2) is 3.63. The summed E-state index contributed by atoms with van der Waals surface area (Å²) in [5.74, 6) is 0.691. The van der Waals surface area contributed by atoms with E-state index in [1.165, 1.54) is 6.08 Å². The first-order valence-corrected chi connectivity index (χ1v) is 3.28. The maximum Gasteiger partial charge on any atom is 0.235 e. The summed E-state index contributed by atoms with van der Waals surface area (Å²) in [6, 6.07) is 0. The molecule has 0 amide bonds. The number of hydrogen-bond donors (Lipinski definition) is 0. The highest BCUT2D eigenvalue weighted by Gasteiger charge is 1.99. The van der Waals surface area contributed by atoms with Crippen molar-refractivity contribution in [3.8, 4) is 0 Å². The molecule has 0 atom stereocenters. The number of nitrogens with zero attached hydrogens (tertiary/aromatic N) is 4. The fraction of sp³-hybridized carbons (Fsp3) is 0.500. The maximum atomic E-state index is 9.75. The Balaban J connectivity index is 2.75. The number of aromatic nitrogens is 3. The monoisotopic (exact) mass is 152 g/mol. The second-order valence-corrected chi connectivity index (χ2v) is 1.94. The average Bonchev–Trinajstić information content (AvgIpc) is 2.47. The summed E-state index contributed by atoms with van der Waals surface area (Å²) in [5.41, 5.74) is 0. The zero-order valence-corrected chi connectivity index (χ0v) is 6.19. The molecular weight excluding hydrogens is 144 g/mol. The molecule has 58 valence electrons. The van der Waals surface area contributed by atoms with Gasteiger partial charge in [0.1, 0.15) is 12.9 Å². The highest BCUT2D eigenvalue weighted by atomic mass is 16.1. The van der Waals surface area contributed by atoms with Crippen LogP contribution in [0.2, 0.25) is 0 Å². The molecule has 5 heteroatoms. The van der Waals surface area contributed by atoms with Gasteiger partial charge in [0.2, 0.25) is 6.08 Å². The quantitative estimate of drug-likeness (QED) is 0.457. The first-order valence-electron chi connectivity index (χ1n) is 3.28. The number of carbonyl (C=O) groups excluding carboxylic acids is 1. The van der Waals surface area contributed by atoms with E-state index >= 15 is 0 Å². The van der Waals surface area contributed by atoms with Crippen molar-refractivity contribution >= 4 is 6.08 Å². The average molecular weight is 152 g/mol. The van der Waals surface area contributed by atoms with E-state index in [0.717, 1.165) is 6.54 Å². The van der Waals surface area contributed by atoms with Crippen molar-refractivity contribution < 1.29 is 4.79 Å². The molecule has 0 fully saturated rings. The van der Waals surface area contributed by atoms with Crippen LogP contribution in [-0.2, 0) is 17.9 Å². The minimum atomic E-state index is 0.261. The van der Waals surface area contributed by atoms with Crippen LogP contribution in [0.15, 0.2) is 11.3 Å². The Labute approximate surface area is 63.8 Å². The molecule has 0 aromatic carbocycles. The molecule has 5 nitrogen and oxygen atoms in total. The second-order valence-electron chi connectivity index (χ2n) is 1.94. The largest absolute Gasteiger partial charge is 0.316 e. The fourth-order valence-electron chi connectivity index (χ4n) is 0.768. The highest BCUT2D eigenvalue weighted by molar-refractivity contribution is 5.32. The Morgan fingerprint density at radius 1 is 1.82 bits per heavy atom. The van der Waals surface area contributed by atoms with Crippen molar-refractivity contribution in [3.63, 3.8) is 0 Å². The molecule has 1 aromatic heterocycles. The predicted molar refractivity (Wildman–Crippen MR) is 37.5 cm³/mol. The van der Waals surface area contributed by atoms with Gasteiger partial charge >= 0.3 is 0 Å². The summed E-state index contributed by atoms with van der Waals surface area (Å²) in [5, 5.41) is 7.43. The summed E-state index contributed by atoms with van der Waals surface area (Å²) < 4.78 is 1.82. The molecule has 0 saturated heterocycles. The van der Waals surface area contributed by atoms with Gasteiger partial charge in [0, 0.05) is 6.54 Å². The summed E-state index contributed by atoms with van der Waals surface area (Å²) in [4.78, 5) is 13.1. The fourth-order valence-corrected chi connectivity index (χ4v) is 0.768. The summed E-state index contributed by atoms with van der Waals surface area (Å²) in [6.45, 7) is 3.02. The van der Waals surface area contributed by atoms with Gasteiger partial charge in [-0.1, -0.05) is 0 Å². The number of rotatable bonds is 3. The number of isocyanates is 1. The van der Waals surface area contributed by atoms with E-state index in [1.807, 2.05) is 11.5 Å². The SMILES string of the molecule is CCn1cnnc1CN=C=O. The molecule has 1 rings (SSSR count). The van der Waals surface area contributed by atoms with Crippen LogP contribution in [0.1, 0.15) is 12.7 Å². The van der Waals surface area contributed by atoms with Crippen LogP contribution in [0.3, 0.4) is 0 Å². The van der Waals surface area contributed by atoms with Crippen molar-refractivity contribution in [1.82, 2.24) is 14.8 Å². The van der Waals surface area contributed by atoms with E-state index in [2.05, 4.69) is 15.2 Å². The van der Waals surface area contributed by atoms with Gasteiger partial charge in [-0.2, -0.15) is 4.99 Å². The minimum Gasteiger partial charge on any atom is -0.316 e. The van der Waals surface area contributed by atoms with Gasteiger partial charge in [-0.15, -0.1) is 10.2 Å². The van der Waals surface area contributed by atoms with Gasteiger partial charge < -0.3 is 4.57 Å². The Bertz CT molecular complexity index is 274. The summed E-state index contributed by atoms with van der Waals surface area (Å²) in [7, 11) is 0. The van der Waals surface area contributed by atoms with E-state index in [9.17, 15) is 4.79 Å². The number of aliphatic imine (C=N–C) groups is 1. The standard InChI is InChI=1S/C6H8N4O/c1-2-10-4-8-9-6(10)3-7-5-11/h4H,2-3H2,1H3. The molecular formula is C6H8N4O. The van der Waals surface area contributed by atoms with Crippen LogP contribution in [0.5, 0.6) is 0 Å². The van der Waals surface area contributed by atoms with Crippen LogP contribution >= 0.6 is 0 Å². The zero-order chi connectivity index (χ0) is 8.10. The minimum absolute atomic E-state index is 0.261. The lowest BCUT2D eigenvalue weighted by atomic mass is 10.6.